The molecule has 98 valence electrons. The summed E-state index contributed by atoms with van der Waals surface area (Å²) < 4.78 is 11.4. The van der Waals surface area contributed by atoms with E-state index in [-0.39, 0.29) is 18.4 Å². The summed E-state index contributed by atoms with van der Waals surface area (Å²) in [5.41, 5.74) is 7.12. The summed E-state index contributed by atoms with van der Waals surface area (Å²) >= 11 is 3.43. The van der Waals surface area contributed by atoms with Crippen molar-refractivity contribution in [3.05, 3.63) is 22.2 Å². The molecule has 0 fully saturated rings. The van der Waals surface area contributed by atoms with Gasteiger partial charge in [0, 0.05) is 6.04 Å². The largest absolute Gasteiger partial charge is 0.495 e. The van der Waals surface area contributed by atoms with Crippen LogP contribution < -0.4 is 15.2 Å². The molecule has 3 nitrogen and oxygen atoms in total. The molecule has 0 saturated carbocycles. The fraction of sp³-hybridized carbons (Fsp3) is 0.500. The average molecular weight is 325 g/mol. The molecule has 17 heavy (non-hydrogen) atoms. The predicted octanol–water partition coefficient (Wildman–Crippen LogP) is 3.69. The van der Waals surface area contributed by atoms with Crippen LogP contribution in [-0.4, -0.2) is 14.2 Å². The van der Waals surface area contributed by atoms with E-state index in [0.717, 1.165) is 34.4 Å². The lowest BCUT2D eigenvalue weighted by Crippen LogP contribution is -2.10. The molecule has 0 spiro atoms. The first kappa shape index (κ1) is 16.6. The summed E-state index contributed by atoms with van der Waals surface area (Å²) in [6, 6.07) is 3.93. The molecule has 0 bridgehead atoms. The molecule has 5 heteroatoms. The van der Waals surface area contributed by atoms with E-state index in [4.69, 9.17) is 15.2 Å². The maximum absolute atomic E-state index is 6.08. The van der Waals surface area contributed by atoms with Gasteiger partial charge in [-0.2, -0.15) is 0 Å². The first-order valence-electron chi connectivity index (χ1n) is 5.31. The van der Waals surface area contributed by atoms with Crippen LogP contribution >= 0.6 is 28.3 Å². The second kappa shape index (κ2) is 7.80. The van der Waals surface area contributed by atoms with Gasteiger partial charge in [-0.3, -0.25) is 0 Å². The Kier molecular flexibility index (Phi) is 7.59. The maximum Gasteiger partial charge on any atom is 0.137 e. The van der Waals surface area contributed by atoms with Crippen LogP contribution in [-0.2, 0) is 0 Å². The second-order valence-electron chi connectivity index (χ2n) is 3.63. The molecule has 0 heterocycles. The predicted molar refractivity (Wildman–Crippen MR) is 76.3 cm³/mol. The van der Waals surface area contributed by atoms with E-state index >= 15 is 0 Å². The van der Waals surface area contributed by atoms with Crippen LogP contribution in [0.15, 0.2) is 16.6 Å². The summed E-state index contributed by atoms with van der Waals surface area (Å²) in [6.45, 7) is 2.12. The molecule has 0 aromatic heterocycles. The fourth-order valence-corrected chi connectivity index (χ4v) is 2.13. The summed E-state index contributed by atoms with van der Waals surface area (Å²) in [4.78, 5) is 0. The van der Waals surface area contributed by atoms with Crippen molar-refractivity contribution < 1.29 is 9.47 Å². The second-order valence-corrected chi connectivity index (χ2v) is 4.43. The quantitative estimate of drug-likeness (QED) is 0.898. The third-order valence-electron chi connectivity index (χ3n) is 2.50. The third kappa shape index (κ3) is 4.05. The van der Waals surface area contributed by atoms with Crippen LogP contribution in [0.5, 0.6) is 11.5 Å². The minimum atomic E-state index is 0. The van der Waals surface area contributed by atoms with Crippen LogP contribution in [0.25, 0.3) is 0 Å². The molecular weight excluding hydrogens is 305 g/mol. The smallest absolute Gasteiger partial charge is 0.137 e. The van der Waals surface area contributed by atoms with Gasteiger partial charge in [0.1, 0.15) is 16.0 Å². The maximum atomic E-state index is 6.08. The van der Waals surface area contributed by atoms with Gasteiger partial charge in [0.2, 0.25) is 0 Å². The molecule has 0 aliphatic carbocycles. The highest BCUT2D eigenvalue weighted by Gasteiger charge is 2.13. The van der Waals surface area contributed by atoms with Crippen molar-refractivity contribution in [1.29, 1.82) is 0 Å². The van der Waals surface area contributed by atoms with E-state index in [9.17, 15) is 0 Å². The molecule has 0 amide bonds. The van der Waals surface area contributed by atoms with E-state index < -0.39 is 0 Å². The molecular formula is C12H19BrClNO2. The molecule has 1 aromatic rings. The highest BCUT2D eigenvalue weighted by atomic mass is 79.9. The minimum absolute atomic E-state index is 0. The zero-order valence-corrected chi connectivity index (χ0v) is 12.7. The van der Waals surface area contributed by atoms with Crippen molar-refractivity contribution in [1.82, 2.24) is 0 Å². The van der Waals surface area contributed by atoms with Gasteiger partial charge in [0.05, 0.1) is 14.2 Å². The van der Waals surface area contributed by atoms with Gasteiger partial charge < -0.3 is 15.2 Å². The van der Waals surface area contributed by atoms with E-state index in [1.54, 1.807) is 14.2 Å². The van der Waals surface area contributed by atoms with E-state index in [1.807, 2.05) is 12.1 Å². The average Bonchev–Trinajstić information content (AvgIpc) is 2.29. The Balaban J connectivity index is 0.00000256. The standard InChI is InChI=1S/C12H18BrNO2.ClH/c1-4-5-9(14)8-6-10(15-2)12(13)11(7-8)16-3;/h6-7,9H,4-5,14H2,1-3H3;1H/t9-;/m1./s1. The first-order chi connectivity index (χ1) is 7.63. The normalized spacial score (nSPS) is 11.6. The molecule has 0 radical (unpaired) electrons. The Bertz CT molecular complexity index is 335. The molecule has 0 saturated heterocycles. The minimum Gasteiger partial charge on any atom is -0.495 e. The van der Waals surface area contributed by atoms with Crippen LogP contribution in [0.3, 0.4) is 0 Å². The van der Waals surface area contributed by atoms with E-state index in [1.165, 1.54) is 0 Å². The lowest BCUT2D eigenvalue weighted by molar-refractivity contribution is 0.387. The highest BCUT2D eigenvalue weighted by molar-refractivity contribution is 9.10. The molecule has 0 aliphatic heterocycles. The Morgan fingerprint density at radius 3 is 2.06 bits per heavy atom. The summed E-state index contributed by atoms with van der Waals surface area (Å²) in [6.07, 6.45) is 2.01. The number of hydrogen-bond acceptors (Lipinski definition) is 3. The van der Waals surface area contributed by atoms with Gasteiger partial charge in [-0.1, -0.05) is 13.3 Å². The first-order valence-corrected chi connectivity index (χ1v) is 6.10. The zero-order chi connectivity index (χ0) is 12.1. The molecule has 1 atom stereocenters. The van der Waals surface area contributed by atoms with E-state index in [0.29, 0.717) is 0 Å². The monoisotopic (exact) mass is 323 g/mol. The van der Waals surface area contributed by atoms with Crippen molar-refractivity contribution in [2.45, 2.75) is 25.8 Å². The Hall–Kier alpha value is -0.450. The molecule has 1 aromatic carbocycles. The number of ether oxygens (including phenoxy) is 2. The van der Waals surface area contributed by atoms with E-state index in [2.05, 4.69) is 22.9 Å². The Labute approximate surface area is 117 Å². The van der Waals surface area contributed by atoms with Gasteiger partial charge in [0.25, 0.3) is 0 Å². The van der Waals surface area contributed by atoms with Gasteiger partial charge >= 0.3 is 0 Å². The molecule has 0 aliphatic rings. The number of hydrogen-bond donors (Lipinski definition) is 1. The number of halogens is 2. The Morgan fingerprint density at radius 2 is 1.71 bits per heavy atom. The highest BCUT2D eigenvalue weighted by Crippen LogP contribution is 2.37. The molecule has 1 rings (SSSR count). The lowest BCUT2D eigenvalue weighted by Gasteiger charge is -2.15. The van der Waals surface area contributed by atoms with Gasteiger partial charge in [-0.05, 0) is 40.0 Å². The van der Waals surface area contributed by atoms with Crippen LogP contribution in [0, 0.1) is 0 Å². The topological polar surface area (TPSA) is 44.5 Å². The van der Waals surface area contributed by atoms with Crippen molar-refractivity contribution in [3.63, 3.8) is 0 Å². The summed E-state index contributed by atoms with van der Waals surface area (Å²) in [5.74, 6) is 1.50. The number of rotatable bonds is 5. The van der Waals surface area contributed by atoms with Crippen LogP contribution in [0.4, 0.5) is 0 Å². The fourth-order valence-electron chi connectivity index (χ4n) is 1.58. The number of methoxy groups -OCH3 is 2. The van der Waals surface area contributed by atoms with Crippen molar-refractivity contribution in [3.8, 4) is 11.5 Å². The summed E-state index contributed by atoms with van der Waals surface area (Å²) in [7, 11) is 3.27. The van der Waals surface area contributed by atoms with Crippen LogP contribution in [0.1, 0.15) is 31.4 Å². The lowest BCUT2D eigenvalue weighted by atomic mass is 10.0. The van der Waals surface area contributed by atoms with Gasteiger partial charge in [0.15, 0.2) is 0 Å². The van der Waals surface area contributed by atoms with Crippen molar-refractivity contribution in [2.24, 2.45) is 5.73 Å². The molecule has 0 unspecified atom stereocenters. The number of benzene rings is 1. The third-order valence-corrected chi connectivity index (χ3v) is 3.28. The summed E-state index contributed by atoms with van der Waals surface area (Å²) in [5, 5.41) is 0. The molecule has 2 N–H and O–H groups in total. The van der Waals surface area contributed by atoms with Gasteiger partial charge in [-0.15, -0.1) is 12.4 Å². The van der Waals surface area contributed by atoms with Gasteiger partial charge in [-0.25, -0.2) is 0 Å². The number of nitrogens with two attached hydrogens (primary N) is 1. The van der Waals surface area contributed by atoms with Crippen LogP contribution in [0.2, 0.25) is 0 Å². The van der Waals surface area contributed by atoms with Crippen molar-refractivity contribution >= 4 is 28.3 Å². The Morgan fingerprint density at radius 1 is 1.24 bits per heavy atom. The zero-order valence-electron chi connectivity index (χ0n) is 10.3. The SMILES string of the molecule is CCC[C@@H](N)c1cc(OC)c(Br)c(OC)c1.Cl. The van der Waals surface area contributed by atoms with Crippen molar-refractivity contribution in [2.75, 3.05) is 14.2 Å².